The summed E-state index contributed by atoms with van der Waals surface area (Å²) in [7, 11) is -3.05. The van der Waals surface area contributed by atoms with E-state index in [0.717, 1.165) is 31.3 Å². The third-order valence-corrected chi connectivity index (χ3v) is 5.56. The van der Waals surface area contributed by atoms with Gasteiger partial charge in [-0.15, -0.1) is 0 Å². The molecule has 0 aliphatic heterocycles. The number of carbonyl (C=O) groups excluding carboxylic acids is 2. The monoisotopic (exact) mass is 376 g/mol. The van der Waals surface area contributed by atoms with Gasteiger partial charge in [0.05, 0.1) is 5.41 Å². The van der Waals surface area contributed by atoms with E-state index in [-0.39, 0.29) is 12.7 Å². The number of amides is 1. The fourth-order valence-electron chi connectivity index (χ4n) is 2.40. The van der Waals surface area contributed by atoms with E-state index in [1.165, 1.54) is 6.42 Å². The van der Waals surface area contributed by atoms with E-state index in [1.54, 1.807) is 26.6 Å². The Bertz CT molecular complexity index is 476. The molecule has 0 bridgehead atoms. The summed E-state index contributed by atoms with van der Waals surface area (Å²) >= 11 is 0. The van der Waals surface area contributed by atoms with E-state index in [2.05, 4.69) is 5.32 Å². The lowest BCUT2D eigenvalue weighted by atomic mass is 9.96. The molecule has 0 saturated heterocycles. The van der Waals surface area contributed by atoms with Gasteiger partial charge in [-0.1, -0.05) is 6.42 Å². The minimum Gasteiger partial charge on any atom is -0.427 e. The molecular weight excluding hydrogens is 345 g/mol. The Morgan fingerprint density at radius 3 is 2.40 bits per heavy atom. The molecule has 1 fully saturated rings. The van der Waals surface area contributed by atoms with Crippen LogP contribution in [-0.2, 0) is 14.3 Å². The van der Waals surface area contributed by atoms with Crippen LogP contribution in [0.25, 0.3) is 0 Å². The molecule has 0 atom stereocenters. The molecule has 0 radical (unpaired) electrons. The average Bonchev–Trinajstić information content (AvgIpc) is 2.51. The van der Waals surface area contributed by atoms with Crippen LogP contribution in [0.3, 0.4) is 0 Å². The van der Waals surface area contributed by atoms with Crippen molar-refractivity contribution in [2.24, 2.45) is 5.41 Å². The highest BCUT2D eigenvalue weighted by molar-refractivity contribution is 7.67. The second-order valence-electron chi connectivity index (χ2n) is 7.37. The van der Waals surface area contributed by atoms with Crippen molar-refractivity contribution in [3.05, 3.63) is 11.4 Å². The molecule has 0 aromatic carbocycles. The molecule has 1 rings (SSSR count). The highest BCUT2D eigenvalue weighted by atomic mass is 31.2. The molecule has 144 valence electrons. The summed E-state index contributed by atoms with van der Waals surface area (Å²) in [4.78, 5) is 43.2. The Kier molecular flexibility index (Phi) is 8.83. The molecule has 25 heavy (non-hydrogen) atoms. The average molecular weight is 376 g/mol. The topological polar surface area (TPSA) is 105 Å². The number of esters is 1. The molecule has 1 saturated carbocycles. The normalized spacial score (nSPS) is 15.5. The quantitative estimate of drug-likeness (QED) is 0.272. The first-order valence-electron chi connectivity index (χ1n) is 8.72. The summed E-state index contributed by atoms with van der Waals surface area (Å²) in [5.41, 5.74) is 0.486. The number of carbonyl (C=O) groups is 2. The summed E-state index contributed by atoms with van der Waals surface area (Å²) in [6, 6.07) is 0. The molecular formula is C17H31NO6P+. The smallest absolute Gasteiger partial charge is 0.410 e. The molecule has 7 nitrogen and oxygen atoms in total. The molecule has 0 aromatic heterocycles. The van der Waals surface area contributed by atoms with Crippen LogP contribution >= 0.6 is 7.72 Å². The lowest BCUT2D eigenvalue weighted by Crippen LogP contribution is -2.29. The third-order valence-electron chi connectivity index (χ3n) is 3.81. The van der Waals surface area contributed by atoms with Crippen molar-refractivity contribution in [1.29, 1.82) is 0 Å². The van der Waals surface area contributed by atoms with Crippen LogP contribution in [0.15, 0.2) is 11.4 Å². The third kappa shape index (κ3) is 9.78. The Morgan fingerprint density at radius 1 is 1.16 bits per heavy atom. The zero-order valence-corrected chi connectivity index (χ0v) is 16.3. The van der Waals surface area contributed by atoms with Gasteiger partial charge in [-0.3, -0.25) is 4.79 Å². The molecule has 1 aliphatic carbocycles. The molecule has 1 amide bonds. The van der Waals surface area contributed by atoms with E-state index in [4.69, 9.17) is 9.47 Å². The molecule has 0 aromatic rings. The van der Waals surface area contributed by atoms with Gasteiger partial charge in [-0.25, -0.2) is 14.6 Å². The van der Waals surface area contributed by atoms with E-state index in [9.17, 15) is 19.4 Å². The molecule has 1 aliphatic rings. The number of ether oxygens (including phenoxy) is 2. The van der Waals surface area contributed by atoms with Crippen molar-refractivity contribution in [2.75, 3.05) is 19.5 Å². The number of hydrogen-bond donors (Lipinski definition) is 3. The summed E-state index contributed by atoms with van der Waals surface area (Å²) < 4.78 is 9.56. The fourth-order valence-corrected chi connectivity index (χ4v) is 3.99. The first kappa shape index (κ1) is 21.9. The van der Waals surface area contributed by atoms with Crippen molar-refractivity contribution in [1.82, 2.24) is 5.32 Å². The van der Waals surface area contributed by atoms with Crippen LogP contribution in [0.2, 0.25) is 0 Å². The minimum absolute atomic E-state index is 0.232. The van der Waals surface area contributed by atoms with Crippen LogP contribution in [-0.4, -0.2) is 41.3 Å². The van der Waals surface area contributed by atoms with Crippen LogP contribution in [0.4, 0.5) is 4.79 Å². The number of rotatable bonds is 7. The van der Waals surface area contributed by atoms with Crippen LogP contribution in [0.5, 0.6) is 0 Å². The number of hydrogen-bond acceptors (Lipinski definition) is 6. The molecule has 3 N–H and O–H groups in total. The van der Waals surface area contributed by atoms with Gasteiger partial charge in [0.15, 0.2) is 0 Å². The predicted octanol–water partition coefficient (Wildman–Crippen LogP) is 3.33. The van der Waals surface area contributed by atoms with Gasteiger partial charge in [-0.05, 0) is 52.0 Å². The number of nitrogens with one attached hydrogen (secondary N) is 1. The number of allylic oxidation sites excluding steroid dienone is 1. The SMILES string of the molecule is CC(C)(C)C(=O)OCOC(=O)NCCC[P+](O)(O)C=C1CCCCC1. The minimum atomic E-state index is -3.05. The Hall–Kier alpha value is -1.17. The Labute approximate surface area is 150 Å². The zero-order chi connectivity index (χ0) is 18.9. The summed E-state index contributed by atoms with van der Waals surface area (Å²) in [6.07, 6.45) is 5.28. The van der Waals surface area contributed by atoms with Crippen molar-refractivity contribution >= 4 is 19.8 Å². The van der Waals surface area contributed by atoms with Gasteiger partial charge >= 0.3 is 12.1 Å². The van der Waals surface area contributed by atoms with Gasteiger partial charge in [0.2, 0.25) is 6.79 Å². The van der Waals surface area contributed by atoms with E-state index in [0.29, 0.717) is 6.42 Å². The second kappa shape index (κ2) is 10.1. The first-order valence-corrected chi connectivity index (χ1v) is 10.7. The van der Waals surface area contributed by atoms with Crippen LogP contribution < -0.4 is 5.32 Å². The van der Waals surface area contributed by atoms with E-state index < -0.39 is 32.0 Å². The molecule has 0 spiro atoms. The van der Waals surface area contributed by atoms with Crippen molar-refractivity contribution in [3.8, 4) is 0 Å². The maximum Gasteiger partial charge on any atom is 0.410 e. The summed E-state index contributed by atoms with van der Waals surface area (Å²) in [6.45, 7) is 4.94. The van der Waals surface area contributed by atoms with Crippen LogP contribution in [0, 0.1) is 5.41 Å². The Balaban J connectivity index is 2.17. The predicted molar refractivity (Wildman–Crippen MR) is 96.9 cm³/mol. The summed E-state index contributed by atoms with van der Waals surface area (Å²) in [5.74, 6) is 1.20. The lowest BCUT2D eigenvalue weighted by Gasteiger charge is -2.16. The molecule has 0 unspecified atom stereocenters. The van der Waals surface area contributed by atoms with Crippen molar-refractivity contribution < 1.29 is 28.8 Å². The van der Waals surface area contributed by atoms with E-state index in [1.807, 2.05) is 0 Å². The van der Waals surface area contributed by atoms with Crippen molar-refractivity contribution in [3.63, 3.8) is 0 Å². The molecule has 8 heteroatoms. The van der Waals surface area contributed by atoms with E-state index >= 15 is 0 Å². The molecule has 0 heterocycles. The zero-order valence-electron chi connectivity index (χ0n) is 15.4. The highest BCUT2D eigenvalue weighted by Gasteiger charge is 2.30. The maximum atomic E-state index is 11.5. The first-order chi connectivity index (χ1) is 11.6. The Morgan fingerprint density at radius 2 is 1.80 bits per heavy atom. The number of alkyl carbamates (subject to hydrolysis) is 1. The van der Waals surface area contributed by atoms with Crippen molar-refractivity contribution in [2.45, 2.75) is 59.3 Å². The van der Waals surface area contributed by atoms with Gasteiger partial charge in [0, 0.05) is 13.0 Å². The maximum absolute atomic E-state index is 11.5. The van der Waals surface area contributed by atoms with Gasteiger partial charge in [-0.2, -0.15) is 0 Å². The standard InChI is InChI=1S/C17H30NO6P/c1-17(2,3)15(19)23-13-24-16(20)18-10-7-11-25(21,22)12-14-8-5-4-6-9-14/h12,21-22H,4-11,13H2,1-3H3/p+1. The van der Waals surface area contributed by atoms with Gasteiger partial charge in [0.25, 0.3) is 7.72 Å². The fraction of sp³-hybridized carbons (Fsp3) is 0.765. The van der Waals surface area contributed by atoms with Gasteiger partial charge < -0.3 is 14.8 Å². The second-order valence-corrected chi connectivity index (χ2v) is 9.65. The van der Waals surface area contributed by atoms with Crippen LogP contribution in [0.1, 0.15) is 59.3 Å². The summed E-state index contributed by atoms with van der Waals surface area (Å²) in [5, 5.41) is 2.49. The largest absolute Gasteiger partial charge is 0.427 e. The lowest BCUT2D eigenvalue weighted by molar-refractivity contribution is -0.161. The highest BCUT2D eigenvalue weighted by Crippen LogP contribution is 2.53. The van der Waals surface area contributed by atoms with Gasteiger partial charge in [0.1, 0.15) is 12.0 Å².